The summed E-state index contributed by atoms with van der Waals surface area (Å²) < 4.78 is 0. The maximum Gasteiger partial charge on any atom is 0.229 e. The summed E-state index contributed by atoms with van der Waals surface area (Å²) in [7, 11) is 0. The zero-order chi connectivity index (χ0) is 19.9. The van der Waals surface area contributed by atoms with E-state index in [9.17, 15) is 4.79 Å². The smallest absolute Gasteiger partial charge is 0.229 e. The molecule has 0 aromatic carbocycles. The van der Waals surface area contributed by atoms with Crippen LogP contribution in [0.25, 0.3) is 0 Å². The molecule has 0 saturated carbocycles. The summed E-state index contributed by atoms with van der Waals surface area (Å²) in [6.07, 6.45) is 13.9. The van der Waals surface area contributed by atoms with Gasteiger partial charge in [-0.05, 0) is 25.0 Å². The molecular formula is C21H32N4OS. The normalized spacial score (nSPS) is 17.3. The van der Waals surface area contributed by atoms with Gasteiger partial charge in [0.2, 0.25) is 5.91 Å². The first-order valence-corrected chi connectivity index (χ1v) is 10.6. The zero-order valence-corrected chi connectivity index (χ0v) is 17.4. The monoisotopic (exact) mass is 388 g/mol. The fraction of sp³-hybridized carbons (Fsp3) is 0.476. The zero-order valence-electron chi connectivity index (χ0n) is 16.6. The Hall–Kier alpha value is -2.08. The maximum atomic E-state index is 12.6. The van der Waals surface area contributed by atoms with Gasteiger partial charge in [-0.3, -0.25) is 14.8 Å². The second-order valence-corrected chi connectivity index (χ2v) is 6.83. The summed E-state index contributed by atoms with van der Waals surface area (Å²) in [6.45, 7) is 13.7. The van der Waals surface area contributed by atoms with E-state index in [2.05, 4.69) is 39.4 Å². The summed E-state index contributed by atoms with van der Waals surface area (Å²) in [5.41, 5.74) is 1.27. The number of hydrogen-bond acceptors (Lipinski definition) is 5. The van der Waals surface area contributed by atoms with Gasteiger partial charge in [0.05, 0.1) is 6.54 Å². The van der Waals surface area contributed by atoms with Gasteiger partial charge in [-0.2, -0.15) is 0 Å². The van der Waals surface area contributed by atoms with E-state index >= 15 is 0 Å². The van der Waals surface area contributed by atoms with Crippen LogP contribution >= 0.6 is 11.8 Å². The molecule has 0 aromatic rings. The third kappa shape index (κ3) is 8.43. The lowest BCUT2D eigenvalue weighted by Crippen LogP contribution is -2.41. The number of nitrogens with zero attached hydrogens (tertiary/aromatic N) is 3. The molecule has 1 N–H and O–H groups in total. The van der Waals surface area contributed by atoms with Gasteiger partial charge in [0.15, 0.2) is 5.17 Å². The Morgan fingerprint density at radius 2 is 2.11 bits per heavy atom. The predicted molar refractivity (Wildman–Crippen MR) is 119 cm³/mol. The fourth-order valence-corrected chi connectivity index (χ4v) is 3.37. The first kappa shape index (κ1) is 23.0. The molecule has 1 fully saturated rings. The summed E-state index contributed by atoms with van der Waals surface area (Å²) in [5, 5.41) is 3.63. The number of carbonyl (C=O) groups is 1. The largest absolute Gasteiger partial charge is 0.374 e. The summed E-state index contributed by atoms with van der Waals surface area (Å²) in [5.74, 6) is 0.818. The second-order valence-electron chi connectivity index (χ2n) is 5.82. The van der Waals surface area contributed by atoms with Crippen molar-refractivity contribution in [1.82, 2.24) is 10.2 Å². The number of likely N-dealkylation sites (tertiary alicyclic amines) is 1. The minimum absolute atomic E-state index is 0.0325. The van der Waals surface area contributed by atoms with Crippen molar-refractivity contribution in [2.24, 2.45) is 15.9 Å². The van der Waals surface area contributed by atoms with Gasteiger partial charge in [0.25, 0.3) is 0 Å². The average Bonchev–Trinajstić information content (AvgIpc) is 3.01. The third-order valence-electron chi connectivity index (χ3n) is 4.07. The number of aliphatic imine (C=N–C) groups is 2. The van der Waals surface area contributed by atoms with Crippen LogP contribution in [0.1, 0.15) is 33.1 Å². The van der Waals surface area contributed by atoms with Crippen LogP contribution in [0.2, 0.25) is 0 Å². The quantitative estimate of drug-likeness (QED) is 0.422. The standard InChI is InChI=1S/C19H26N4OS.C2H6/c1-3-10-21-19(25-15-4-2)22-18(24)16-8-13-23(14-9-16)17-6-5-11-20-12-7-17;1-2/h3-6,11-12,16H,1-2,7-10,13-15H2,(H,21,22,24);1-2H3. The minimum Gasteiger partial charge on any atom is -0.374 e. The van der Waals surface area contributed by atoms with Crippen LogP contribution in [-0.2, 0) is 4.79 Å². The summed E-state index contributed by atoms with van der Waals surface area (Å²) in [4.78, 5) is 23.4. The predicted octanol–water partition coefficient (Wildman–Crippen LogP) is 4.17. The molecule has 0 spiro atoms. The van der Waals surface area contributed by atoms with Crippen molar-refractivity contribution >= 4 is 29.1 Å². The number of nitrogens with one attached hydrogen (secondary N) is 1. The van der Waals surface area contributed by atoms with Gasteiger partial charge < -0.3 is 10.2 Å². The Morgan fingerprint density at radius 3 is 2.78 bits per heavy atom. The second kappa shape index (κ2) is 14.0. The minimum atomic E-state index is 0.0325. The highest BCUT2D eigenvalue weighted by atomic mass is 32.2. The first-order chi connectivity index (χ1) is 13.2. The molecule has 27 heavy (non-hydrogen) atoms. The van der Waals surface area contributed by atoms with Gasteiger partial charge >= 0.3 is 0 Å². The molecular weight excluding hydrogens is 356 g/mol. The van der Waals surface area contributed by atoms with Gasteiger partial charge in [0.1, 0.15) is 0 Å². The molecule has 0 unspecified atom stereocenters. The number of amides is 1. The average molecular weight is 389 g/mol. The Bertz CT molecular complexity index is 599. The lowest BCUT2D eigenvalue weighted by Gasteiger charge is -2.34. The Labute approximate surface area is 168 Å². The Kier molecular flexibility index (Phi) is 11.9. The molecule has 2 aliphatic heterocycles. The number of thioether (sulfide) groups is 1. The molecule has 0 radical (unpaired) electrons. The number of allylic oxidation sites excluding steroid dienone is 3. The number of carbonyl (C=O) groups excluding carboxylic acids is 1. The van der Waals surface area contributed by atoms with Crippen molar-refractivity contribution in [3.8, 4) is 0 Å². The van der Waals surface area contributed by atoms with Crippen molar-refractivity contribution in [2.75, 3.05) is 25.4 Å². The van der Waals surface area contributed by atoms with E-state index < -0.39 is 0 Å². The molecule has 5 nitrogen and oxygen atoms in total. The number of piperidine rings is 1. The van der Waals surface area contributed by atoms with Crippen LogP contribution in [0.5, 0.6) is 0 Å². The van der Waals surface area contributed by atoms with Crippen molar-refractivity contribution < 1.29 is 4.79 Å². The van der Waals surface area contributed by atoms with Gasteiger partial charge in [0, 0.05) is 49.3 Å². The van der Waals surface area contributed by atoms with Crippen LogP contribution in [-0.4, -0.2) is 47.6 Å². The molecule has 2 aliphatic rings. The highest BCUT2D eigenvalue weighted by Gasteiger charge is 2.26. The van der Waals surface area contributed by atoms with Crippen LogP contribution in [0.15, 0.2) is 59.3 Å². The fourth-order valence-electron chi connectivity index (χ4n) is 2.76. The number of hydrogen-bond donors (Lipinski definition) is 1. The number of amidine groups is 1. The van der Waals surface area contributed by atoms with Crippen LogP contribution in [0.4, 0.5) is 0 Å². The molecule has 0 atom stereocenters. The van der Waals surface area contributed by atoms with Crippen LogP contribution in [0.3, 0.4) is 0 Å². The molecule has 1 amide bonds. The molecule has 2 rings (SSSR count). The van der Waals surface area contributed by atoms with E-state index in [1.165, 1.54) is 17.5 Å². The van der Waals surface area contributed by atoms with Crippen LogP contribution in [0, 0.1) is 5.92 Å². The first-order valence-electron chi connectivity index (χ1n) is 9.56. The third-order valence-corrected chi connectivity index (χ3v) is 4.98. The van der Waals surface area contributed by atoms with E-state index in [1.54, 1.807) is 18.4 Å². The van der Waals surface area contributed by atoms with Crippen molar-refractivity contribution in [3.05, 3.63) is 49.4 Å². The van der Waals surface area contributed by atoms with Crippen molar-refractivity contribution in [1.29, 1.82) is 0 Å². The van der Waals surface area contributed by atoms with Crippen LogP contribution < -0.4 is 5.32 Å². The lowest BCUT2D eigenvalue weighted by atomic mass is 9.95. The topological polar surface area (TPSA) is 57.1 Å². The van der Waals surface area contributed by atoms with E-state index in [1.807, 2.05) is 26.1 Å². The van der Waals surface area contributed by atoms with Gasteiger partial charge in [-0.15, -0.1) is 13.2 Å². The summed E-state index contributed by atoms with van der Waals surface area (Å²) >= 11 is 1.49. The SMILES string of the molecule is C=CCN=C(NC(=O)C1CCN(C2=CC=CN=CC2)CC1)SCC=C.CC. The molecule has 148 valence electrons. The molecule has 0 aromatic heterocycles. The van der Waals surface area contributed by atoms with Crippen molar-refractivity contribution in [3.63, 3.8) is 0 Å². The Balaban J connectivity index is 0.00000176. The number of rotatable bonds is 6. The highest BCUT2D eigenvalue weighted by Crippen LogP contribution is 2.22. The van der Waals surface area contributed by atoms with Gasteiger partial charge in [-0.25, -0.2) is 0 Å². The molecule has 0 bridgehead atoms. The molecule has 0 aliphatic carbocycles. The van der Waals surface area contributed by atoms with E-state index in [0.717, 1.165) is 38.1 Å². The van der Waals surface area contributed by atoms with E-state index in [0.29, 0.717) is 11.7 Å². The molecule has 1 saturated heterocycles. The molecule has 2 heterocycles. The lowest BCUT2D eigenvalue weighted by molar-refractivity contribution is -0.124. The van der Waals surface area contributed by atoms with Crippen molar-refractivity contribution in [2.45, 2.75) is 33.1 Å². The van der Waals surface area contributed by atoms with E-state index in [4.69, 9.17) is 0 Å². The Morgan fingerprint density at radius 1 is 1.37 bits per heavy atom. The van der Waals surface area contributed by atoms with Gasteiger partial charge in [-0.1, -0.05) is 37.8 Å². The molecule has 6 heteroatoms. The van der Waals surface area contributed by atoms with E-state index in [-0.39, 0.29) is 11.8 Å². The maximum absolute atomic E-state index is 12.6. The summed E-state index contributed by atoms with van der Waals surface area (Å²) in [6, 6.07) is 0. The highest BCUT2D eigenvalue weighted by molar-refractivity contribution is 8.14.